The van der Waals surface area contributed by atoms with E-state index in [2.05, 4.69) is 49.0 Å². The van der Waals surface area contributed by atoms with Crippen LogP contribution in [0.2, 0.25) is 0 Å². The second-order valence-corrected chi connectivity index (χ2v) is 8.34. The van der Waals surface area contributed by atoms with E-state index in [0.29, 0.717) is 16.3 Å². The molecule has 2 rings (SSSR count). The predicted octanol–water partition coefficient (Wildman–Crippen LogP) is 3.90. The second kappa shape index (κ2) is 7.02. The molecule has 0 aromatic carbocycles. The third kappa shape index (κ3) is 3.53. The molecule has 1 aliphatic carbocycles. The normalized spacial score (nSPS) is 30.3. The summed E-state index contributed by atoms with van der Waals surface area (Å²) in [7, 11) is 0. The molecule has 2 aliphatic rings. The van der Waals surface area contributed by atoms with Gasteiger partial charge in [-0.1, -0.05) is 33.1 Å². The SMILES string of the molecule is CCC1(CC)CN(CC2(SC)CCCCC2)C(C)CN1. The Morgan fingerprint density at radius 2 is 1.80 bits per heavy atom. The molecule has 1 heterocycles. The molecule has 2 fully saturated rings. The first-order valence-corrected chi connectivity index (χ1v) is 9.85. The van der Waals surface area contributed by atoms with Gasteiger partial charge in [-0.05, 0) is 38.9 Å². The molecule has 1 saturated heterocycles. The highest BCUT2D eigenvalue weighted by Crippen LogP contribution is 2.40. The van der Waals surface area contributed by atoms with E-state index in [9.17, 15) is 0 Å². The fraction of sp³-hybridized carbons (Fsp3) is 1.00. The predicted molar refractivity (Wildman–Crippen MR) is 91.7 cm³/mol. The van der Waals surface area contributed by atoms with E-state index in [0.717, 1.165) is 6.54 Å². The minimum atomic E-state index is 0.362. The van der Waals surface area contributed by atoms with Crippen molar-refractivity contribution in [3.05, 3.63) is 0 Å². The monoisotopic (exact) mass is 298 g/mol. The van der Waals surface area contributed by atoms with Crippen LogP contribution in [0.1, 0.15) is 65.7 Å². The topological polar surface area (TPSA) is 15.3 Å². The maximum atomic E-state index is 3.83. The Bertz CT molecular complexity index is 295. The van der Waals surface area contributed by atoms with E-state index < -0.39 is 0 Å². The lowest BCUT2D eigenvalue weighted by Gasteiger charge is -2.50. The third-order valence-electron chi connectivity index (χ3n) is 5.94. The minimum absolute atomic E-state index is 0.362. The Hall–Kier alpha value is 0.270. The van der Waals surface area contributed by atoms with E-state index in [-0.39, 0.29) is 0 Å². The van der Waals surface area contributed by atoms with Gasteiger partial charge < -0.3 is 5.32 Å². The van der Waals surface area contributed by atoms with Gasteiger partial charge >= 0.3 is 0 Å². The first-order valence-electron chi connectivity index (χ1n) is 8.63. The average Bonchev–Trinajstić information content (AvgIpc) is 2.51. The molecule has 0 aromatic heterocycles. The molecule has 118 valence electrons. The smallest absolute Gasteiger partial charge is 0.0304 e. The lowest BCUT2D eigenvalue weighted by atomic mass is 9.85. The molecule has 20 heavy (non-hydrogen) atoms. The quantitative estimate of drug-likeness (QED) is 0.828. The summed E-state index contributed by atoms with van der Waals surface area (Å²) in [4.78, 5) is 2.80. The Balaban J connectivity index is 2.05. The van der Waals surface area contributed by atoms with Gasteiger partial charge in [-0.15, -0.1) is 0 Å². The van der Waals surface area contributed by atoms with Gasteiger partial charge in [0.05, 0.1) is 0 Å². The number of hydrogen-bond acceptors (Lipinski definition) is 3. The summed E-state index contributed by atoms with van der Waals surface area (Å²) in [5.74, 6) is 0. The summed E-state index contributed by atoms with van der Waals surface area (Å²) in [6, 6.07) is 0.687. The van der Waals surface area contributed by atoms with E-state index in [1.807, 2.05) is 0 Å². The molecule has 2 nitrogen and oxygen atoms in total. The van der Waals surface area contributed by atoms with Crippen LogP contribution < -0.4 is 5.32 Å². The Morgan fingerprint density at radius 3 is 2.35 bits per heavy atom. The van der Waals surface area contributed by atoms with Gasteiger partial charge in [0.1, 0.15) is 0 Å². The van der Waals surface area contributed by atoms with Crippen molar-refractivity contribution in [3.63, 3.8) is 0 Å². The Kier molecular flexibility index (Phi) is 5.84. The van der Waals surface area contributed by atoms with Crippen LogP contribution in [-0.4, -0.2) is 47.1 Å². The summed E-state index contributed by atoms with van der Waals surface area (Å²) >= 11 is 2.14. The van der Waals surface area contributed by atoms with Crippen LogP contribution in [0, 0.1) is 0 Å². The van der Waals surface area contributed by atoms with E-state index in [4.69, 9.17) is 0 Å². The zero-order chi connectivity index (χ0) is 14.6. The van der Waals surface area contributed by atoms with Crippen molar-refractivity contribution < 1.29 is 0 Å². The van der Waals surface area contributed by atoms with E-state index >= 15 is 0 Å². The molecule has 3 heteroatoms. The first-order chi connectivity index (χ1) is 9.59. The van der Waals surface area contributed by atoms with Crippen molar-refractivity contribution in [3.8, 4) is 0 Å². The molecule has 0 spiro atoms. The fourth-order valence-electron chi connectivity index (χ4n) is 4.02. The highest BCUT2D eigenvalue weighted by molar-refractivity contribution is 8.00. The number of rotatable bonds is 5. The van der Waals surface area contributed by atoms with Gasteiger partial charge in [-0.25, -0.2) is 0 Å². The van der Waals surface area contributed by atoms with Gasteiger partial charge in [0.25, 0.3) is 0 Å². The second-order valence-electron chi connectivity index (χ2n) is 7.07. The van der Waals surface area contributed by atoms with Crippen molar-refractivity contribution in [1.29, 1.82) is 0 Å². The first kappa shape index (κ1) is 16.6. The van der Waals surface area contributed by atoms with Crippen LogP contribution in [0.15, 0.2) is 0 Å². The van der Waals surface area contributed by atoms with Crippen molar-refractivity contribution in [2.24, 2.45) is 0 Å². The average molecular weight is 299 g/mol. The molecular formula is C17H34N2S. The molecule has 0 radical (unpaired) electrons. The van der Waals surface area contributed by atoms with E-state index in [1.54, 1.807) is 0 Å². The van der Waals surface area contributed by atoms with Crippen LogP contribution in [0.5, 0.6) is 0 Å². The van der Waals surface area contributed by atoms with Crippen LogP contribution in [0.25, 0.3) is 0 Å². The van der Waals surface area contributed by atoms with Crippen LogP contribution in [0.4, 0.5) is 0 Å². The summed E-state index contributed by atoms with van der Waals surface area (Å²) < 4.78 is 0.539. The van der Waals surface area contributed by atoms with Crippen molar-refractivity contribution >= 4 is 11.8 Å². The van der Waals surface area contributed by atoms with Crippen molar-refractivity contribution in [1.82, 2.24) is 10.2 Å². The molecule has 1 unspecified atom stereocenters. The van der Waals surface area contributed by atoms with Gasteiger partial charge in [0.15, 0.2) is 0 Å². The highest BCUT2D eigenvalue weighted by atomic mass is 32.2. The summed E-state index contributed by atoms with van der Waals surface area (Å²) in [6.45, 7) is 10.8. The largest absolute Gasteiger partial charge is 0.308 e. The minimum Gasteiger partial charge on any atom is -0.308 e. The lowest BCUT2D eigenvalue weighted by molar-refractivity contribution is 0.0673. The molecule has 1 N–H and O–H groups in total. The summed E-state index contributed by atoms with van der Waals surface area (Å²) in [5, 5.41) is 3.83. The standard InChI is InChI=1S/C17H34N2S/c1-5-16(6-2)13-19(15(3)12-18-16)14-17(20-4)10-8-7-9-11-17/h15,18H,5-14H2,1-4H3. The van der Waals surface area contributed by atoms with Crippen LogP contribution >= 0.6 is 11.8 Å². The molecule has 0 aromatic rings. The molecule has 1 saturated carbocycles. The van der Waals surface area contributed by atoms with Gasteiger partial charge in [0, 0.05) is 36.0 Å². The zero-order valence-electron chi connectivity index (χ0n) is 14.0. The number of thioether (sulfide) groups is 1. The Morgan fingerprint density at radius 1 is 1.15 bits per heavy atom. The number of nitrogens with zero attached hydrogens (tertiary/aromatic N) is 1. The summed E-state index contributed by atoms with van der Waals surface area (Å²) in [5.41, 5.74) is 0.362. The maximum absolute atomic E-state index is 3.83. The summed E-state index contributed by atoms with van der Waals surface area (Å²) in [6.07, 6.45) is 12.0. The molecule has 1 atom stereocenters. The van der Waals surface area contributed by atoms with Crippen molar-refractivity contribution in [2.75, 3.05) is 25.9 Å². The highest BCUT2D eigenvalue weighted by Gasteiger charge is 2.40. The van der Waals surface area contributed by atoms with Crippen LogP contribution in [-0.2, 0) is 0 Å². The van der Waals surface area contributed by atoms with Crippen molar-refractivity contribution in [2.45, 2.75) is 82.0 Å². The molecule has 0 bridgehead atoms. The van der Waals surface area contributed by atoms with Crippen LogP contribution in [0.3, 0.4) is 0 Å². The number of nitrogens with one attached hydrogen (secondary N) is 1. The molecule has 1 aliphatic heterocycles. The van der Waals surface area contributed by atoms with Gasteiger partial charge in [-0.3, -0.25) is 4.90 Å². The van der Waals surface area contributed by atoms with Gasteiger partial charge in [0.2, 0.25) is 0 Å². The number of piperazine rings is 1. The zero-order valence-corrected chi connectivity index (χ0v) is 14.8. The fourth-order valence-corrected chi connectivity index (χ4v) is 5.01. The Labute approximate surface area is 130 Å². The van der Waals surface area contributed by atoms with E-state index in [1.165, 1.54) is 58.0 Å². The third-order valence-corrected chi connectivity index (χ3v) is 7.35. The molecule has 0 amide bonds. The maximum Gasteiger partial charge on any atom is 0.0304 e. The lowest BCUT2D eigenvalue weighted by Crippen LogP contribution is -2.64. The van der Waals surface area contributed by atoms with Gasteiger partial charge in [-0.2, -0.15) is 11.8 Å². The molecular weight excluding hydrogens is 264 g/mol. The number of hydrogen-bond donors (Lipinski definition) is 1.